The van der Waals surface area contributed by atoms with E-state index in [1.807, 2.05) is 19.9 Å². The van der Waals surface area contributed by atoms with E-state index >= 15 is 0 Å². The van der Waals surface area contributed by atoms with E-state index in [9.17, 15) is 22.8 Å². The first-order valence-electron chi connectivity index (χ1n) is 13.3. The van der Waals surface area contributed by atoms with Crippen LogP contribution in [0, 0.1) is 31.5 Å². The molecule has 0 unspecified atom stereocenters. The van der Waals surface area contributed by atoms with Gasteiger partial charge in [-0.15, -0.1) is 0 Å². The summed E-state index contributed by atoms with van der Waals surface area (Å²) >= 11 is 5.84. The first-order chi connectivity index (χ1) is 20.0. The molecule has 2 amide bonds. The van der Waals surface area contributed by atoms with Gasteiger partial charge in [0.1, 0.15) is 5.82 Å². The average molecular weight is 596 g/mol. The molecule has 9 nitrogen and oxygen atoms in total. The van der Waals surface area contributed by atoms with Crippen LogP contribution >= 0.6 is 11.6 Å². The van der Waals surface area contributed by atoms with Crippen molar-refractivity contribution in [2.24, 2.45) is 11.8 Å². The summed E-state index contributed by atoms with van der Waals surface area (Å²) in [7, 11) is 0. The molecule has 1 aliphatic heterocycles. The molecule has 2 fully saturated rings. The summed E-state index contributed by atoms with van der Waals surface area (Å²) in [5, 5.41) is 14.5. The number of hydrogen-bond acceptors (Lipinski definition) is 6. The number of hydrogen-bond donors (Lipinski definition) is 1. The van der Waals surface area contributed by atoms with Crippen molar-refractivity contribution in [2.45, 2.75) is 39.7 Å². The first-order valence-corrected chi connectivity index (χ1v) is 13.7. The molecule has 1 aliphatic carbocycles. The lowest BCUT2D eigenvalue weighted by Crippen LogP contribution is -2.29. The smallest absolute Gasteiger partial charge is 0.264 e. The number of nitrogens with zero attached hydrogens (tertiary/aromatic N) is 6. The highest BCUT2D eigenvalue weighted by Gasteiger charge is 2.53. The topological polar surface area (TPSA) is 106 Å². The molecule has 2 aliphatic rings. The van der Waals surface area contributed by atoms with Crippen molar-refractivity contribution in [2.75, 3.05) is 16.8 Å². The van der Waals surface area contributed by atoms with Gasteiger partial charge in [0.2, 0.25) is 5.91 Å². The summed E-state index contributed by atoms with van der Waals surface area (Å²) < 4.78 is 43.7. The van der Waals surface area contributed by atoms with Crippen molar-refractivity contribution >= 4 is 34.9 Å². The fourth-order valence-electron chi connectivity index (χ4n) is 5.35. The van der Waals surface area contributed by atoms with Crippen LogP contribution in [0.25, 0.3) is 11.3 Å². The fraction of sp³-hybridized carbons (Fsp3) is 0.310. The zero-order valence-corrected chi connectivity index (χ0v) is 23.5. The minimum atomic E-state index is -3.00. The second-order valence-corrected chi connectivity index (χ2v) is 11.1. The molecule has 0 radical (unpaired) electrons. The lowest BCUT2D eigenvalue weighted by molar-refractivity contribution is -0.118. The molecule has 0 spiro atoms. The Morgan fingerprint density at radius 3 is 2.64 bits per heavy atom. The van der Waals surface area contributed by atoms with Crippen LogP contribution in [-0.4, -0.2) is 43.3 Å². The molecule has 13 heteroatoms. The molecule has 0 bridgehead atoms. The Balaban J connectivity index is 1.20. The van der Waals surface area contributed by atoms with Crippen molar-refractivity contribution in [1.82, 2.24) is 25.0 Å². The molecule has 1 saturated carbocycles. The van der Waals surface area contributed by atoms with Gasteiger partial charge in [0.15, 0.2) is 5.82 Å². The maximum absolute atomic E-state index is 14.8. The van der Waals surface area contributed by atoms with Gasteiger partial charge in [-0.05, 0) is 62.4 Å². The van der Waals surface area contributed by atoms with E-state index in [0.29, 0.717) is 24.0 Å². The number of rotatable bonds is 7. The van der Waals surface area contributed by atoms with Gasteiger partial charge in [-0.25, -0.2) is 18.2 Å². The van der Waals surface area contributed by atoms with Crippen LogP contribution in [0.1, 0.15) is 58.6 Å². The molecule has 1 N–H and O–H groups in total. The number of piperidine rings is 1. The van der Waals surface area contributed by atoms with Gasteiger partial charge in [0.25, 0.3) is 12.3 Å². The lowest BCUT2D eigenvalue weighted by atomic mass is 10.0. The molecule has 1 saturated heterocycles. The van der Waals surface area contributed by atoms with E-state index in [4.69, 9.17) is 11.6 Å². The summed E-state index contributed by atoms with van der Waals surface area (Å²) in [5.41, 5.74) is 0.987. The van der Waals surface area contributed by atoms with Gasteiger partial charge < -0.3 is 5.32 Å². The van der Waals surface area contributed by atoms with Crippen LogP contribution in [0.5, 0.6) is 0 Å². The SMILES string of the molecule is Cc1cc([C@@H](C)n2cc(NC(=O)c3cc(-c4c(C(F)F)ccc(Cl)c4F)nnc3C)cn2)cnc1N1C[C@H]2C[C@H]2C1=O. The lowest BCUT2D eigenvalue weighted by Gasteiger charge is -2.21. The van der Waals surface area contributed by atoms with E-state index in [0.717, 1.165) is 29.7 Å². The zero-order valence-electron chi connectivity index (χ0n) is 22.8. The van der Waals surface area contributed by atoms with Gasteiger partial charge in [0, 0.05) is 36.0 Å². The van der Waals surface area contributed by atoms with Crippen LogP contribution in [0.2, 0.25) is 5.02 Å². The summed E-state index contributed by atoms with van der Waals surface area (Å²) in [4.78, 5) is 32.0. The van der Waals surface area contributed by atoms with Crippen LogP contribution in [0.4, 0.5) is 24.7 Å². The van der Waals surface area contributed by atoms with Gasteiger partial charge in [-0.1, -0.05) is 17.7 Å². The van der Waals surface area contributed by atoms with E-state index in [1.54, 1.807) is 22.0 Å². The highest BCUT2D eigenvalue weighted by Crippen LogP contribution is 2.47. The number of aromatic nitrogens is 5. The first kappa shape index (κ1) is 27.8. The fourth-order valence-corrected chi connectivity index (χ4v) is 5.50. The van der Waals surface area contributed by atoms with Crippen molar-refractivity contribution in [1.29, 1.82) is 0 Å². The molecule has 1 aromatic carbocycles. The monoisotopic (exact) mass is 595 g/mol. The second kappa shape index (κ2) is 10.5. The van der Waals surface area contributed by atoms with E-state index in [2.05, 4.69) is 25.6 Å². The second-order valence-electron chi connectivity index (χ2n) is 10.7. The highest BCUT2D eigenvalue weighted by molar-refractivity contribution is 6.31. The van der Waals surface area contributed by atoms with Crippen molar-refractivity contribution in [3.8, 4) is 11.3 Å². The predicted octanol–water partition coefficient (Wildman–Crippen LogP) is 5.93. The number of alkyl halides is 2. The quantitative estimate of drug-likeness (QED) is 0.284. The van der Waals surface area contributed by atoms with Gasteiger partial charge in [0.05, 0.1) is 39.9 Å². The van der Waals surface area contributed by atoms with Crippen LogP contribution in [0.3, 0.4) is 0 Å². The normalized spacial score (nSPS) is 18.4. The van der Waals surface area contributed by atoms with Crippen LogP contribution in [-0.2, 0) is 4.79 Å². The predicted molar refractivity (Wildman–Crippen MR) is 149 cm³/mol. The number of benzene rings is 1. The Kier molecular flexibility index (Phi) is 6.96. The molecule has 6 rings (SSSR count). The number of pyridine rings is 1. The molecule has 42 heavy (non-hydrogen) atoms. The highest BCUT2D eigenvalue weighted by atomic mass is 35.5. The van der Waals surface area contributed by atoms with Crippen molar-refractivity contribution in [3.05, 3.63) is 81.6 Å². The average Bonchev–Trinajstić information content (AvgIpc) is 3.46. The third-order valence-electron chi connectivity index (χ3n) is 7.83. The Bertz CT molecular complexity index is 1740. The van der Waals surface area contributed by atoms with Crippen molar-refractivity contribution < 1.29 is 22.8 Å². The van der Waals surface area contributed by atoms with Crippen molar-refractivity contribution in [3.63, 3.8) is 0 Å². The number of halogens is 4. The Morgan fingerprint density at radius 1 is 1.17 bits per heavy atom. The standard InChI is InChI=1S/C29H25ClF3N7O2/c1-13-6-16(9-34-27(13)39-11-17-7-21(17)29(39)42)15(3)40-12-18(10-35-40)36-28(41)20-8-23(38-37-14(20)2)24-19(26(32)33)4-5-22(30)25(24)31/h4-6,8-10,12,15,17,21,26H,7,11H2,1-3H3,(H,36,41)/t15-,17-,21-/m1/s1. The Labute approximate surface area is 243 Å². The molecule has 4 heterocycles. The minimum absolute atomic E-state index is 0.0184. The summed E-state index contributed by atoms with van der Waals surface area (Å²) in [6.07, 6.45) is 2.80. The number of anilines is 2. The molecule has 3 atom stereocenters. The molecule has 3 aromatic heterocycles. The minimum Gasteiger partial charge on any atom is -0.319 e. The third kappa shape index (κ3) is 4.89. The van der Waals surface area contributed by atoms with E-state index in [1.165, 1.54) is 19.2 Å². The van der Waals surface area contributed by atoms with Gasteiger partial charge in [-0.2, -0.15) is 15.3 Å². The zero-order chi connectivity index (χ0) is 29.9. The third-order valence-corrected chi connectivity index (χ3v) is 8.12. The Morgan fingerprint density at radius 2 is 1.95 bits per heavy atom. The number of aryl methyl sites for hydroxylation is 2. The van der Waals surface area contributed by atoms with E-state index in [-0.39, 0.29) is 39.8 Å². The summed E-state index contributed by atoms with van der Waals surface area (Å²) in [5.74, 6) is -0.267. The summed E-state index contributed by atoms with van der Waals surface area (Å²) in [6.45, 7) is 6.08. The maximum Gasteiger partial charge on any atom is 0.264 e. The molecular weight excluding hydrogens is 571 g/mol. The number of carbonyl (C=O) groups is 2. The Hall–Kier alpha value is -4.32. The summed E-state index contributed by atoms with van der Waals surface area (Å²) in [6, 6.07) is 4.99. The van der Waals surface area contributed by atoms with Crippen LogP contribution < -0.4 is 10.2 Å². The largest absolute Gasteiger partial charge is 0.319 e. The molecule has 216 valence electrons. The number of fused-ring (bicyclic) bond motifs is 1. The number of amides is 2. The van der Waals surface area contributed by atoms with Gasteiger partial charge in [-0.3, -0.25) is 19.2 Å². The van der Waals surface area contributed by atoms with Gasteiger partial charge >= 0.3 is 0 Å². The van der Waals surface area contributed by atoms with E-state index < -0.39 is 29.3 Å². The maximum atomic E-state index is 14.8. The molecule has 4 aromatic rings. The molecular formula is C29H25ClF3N7O2. The number of carbonyl (C=O) groups excluding carboxylic acids is 2. The number of nitrogens with one attached hydrogen (secondary N) is 1. The van der Waals surface area contributed by atoms with Crippen LogP contribution in [0.15, 0.2) is 42.9 Å².